The van der Waals surface area contributed by atoms with E-state index in [9.17, 15) is 4.79 Å². The second kappa shape index (κ2) is 5.66. The van der Waals surface area contributed by atoms with Gasteiger partial charge in [-0.25, -0.2) is 9.79 Å². The molecule has 0 saturated carbocycles. The zero-order valence-corrected chi connectivity index (χ0v) is 12.9. The molecule has 0 aromatic heterocycles. The van der Waals surface area contributed by atoms with Gasteiger partial charge in [0.15, 0.2) is 5.70 Å². The minimum Gasteiger partial charge on any atom is -0.402 e. The van der Waals surface area contributed by atoms with Gasteiger partial charge in [0.05, 0.1) is 0 Å². The maximum atomic E-state index is 11.9. The van der Waals surface area contributed by atoms with E-state index in [4.69, 9.17) is 4.74 Å². The lowest BCUT2D eigenvalue weighted by Gasteiger charge is -1.99. The molecular formula is C17H12BrNO2. The number of ether oxygens (including phenoxy) is 1. The first-order chi connectivity index (χ1) is 10.1. The first kappa shape index (κ1) is 13.8. The first-order valence-electron chi connectivity index (χ1n) is 6.47. The molecule has 1 aliphatic rings. The molecule has 0 fully saturated rings. The van der Waals surface area contributed by atoms with E-state index < -0.39 is 5.97 Å². The van der Waals surface area contributed by atoms with Gasteiger partial charge in [-0.1, -0.05) is 51.8 Å². The average Bonchev–Trinajstić information content (AvgIpc) is 2.83. The van der Waals surface area contributed by atoms with Crippen molar-refractivity contribution >= 4 is 33.9 Å². The first-order valence-corrected chi connectivity index (χ1v) is 7.27. The fourth-order valence-electron chi connectivity index (χ4n) is 2.05. The summed E-state index contributed by atoms with van der Waals surface area (Å²) in [4.78, 5) is 16.2. The molecule has 21 heavy (non-hydrogen) atoms. The molecule has 0 bridgehead atoms. The van der Waals surface area contributed by atoms with Crippen LogP contribution in [0.25, 0.3) is 6.08 Å². The summed E-state index contributed by atoms with van der Waals surface area (Å²) in [5, 5.41) is 0. The molecule has 2 aromatic carbocycles. The molecule has 0 unspecified atom stereocenters. The van der Waals surface area contributed by atoms with Gasteiger partial charge < -0.3 is 4.74 Å². The maximum absolute atomic E-state index is 11.9. The third-order valence-electron chi connectivity index (χ3n) is 3.08. The standard InChI is InChI=1S/C17H12BrNO2/c1-11-5-4-7-13(9-11)16-19-15(17(20)21-16)10-12-6-2-3-8-14(12)18/h2-10H,1H3. The number of halogens is 1. The zero-order chi connectivity index (χ0) is 14.8. The lowest BCUT2D eigenvalue weighted by molar-refractivity contribution is -0.129. The van der Waals surface area contributed by atoms with E-state index in [0.29, 0.717) is 11.6 Å². The molecule has 3 nitrogen and oxygen atoms in total. The molecule has 0 aliphatic carbocycles. The van der Waals surface area contributed by atoms with Crippen molar-refractivity contribution in [3.05, 3.63) is 75.4 Å². The molecular weight excluding hydrogens is 330 g/mol. The highest BCUT2D eigenvalue weighted by Gasteiger charge is 2.24. The number of hydrogen-bond donors (Lipinski definition) is 0. The molecule has 0 saturated heterocycles. The van der Waals surface area contributed by atoms with Crippen molar-refractivity contribution < 1.29 is 9.53 Å². The van der Waals surface area contributed by atoms with E-state index in [1.807, 2.05) is 55.5 Å². The van der Waals surface area contributed by atoms with Gasteiger partial charge in [0, 0.05) is 10.0 Å². The number of aliphatic imine (C=N–C) groups is 1. The van der Waals surface area contributed by atoms with Crippen molar-refractivity contribution in [2.75, 3.05) is 0 Å². The van der Waals surface area contributed by atoms with Crippen LogP contribution in [0.5, 0.6) is 0 Å². The molecule has 3 rings (SSSR count). The highest BCUT2D eigenvalue weighted by molar-refractivity contribution is 9.10. The number of rotatable bonds is 2. The van der Waals surface area contributed by atoms with Crippen molar-refractivity contribution in [1.82, 2.24) is 0 Å². The van der Waals surface area contributed by atoms with E-state index in [-0.39, 0.29) is 0 Å². The number of benzene rings is 2. The van der Waals surface area contributed by atoms with Crippen molar-refractivity contribution in [3.8, 4) is 0 Å². The number of carbonyl (C=O) groups excluding carboxylic acids is 1. The van der Waals surface area contributed by atoms with E-state index in [0.717, 1.165) is 21.2 Å². The Kier molecular flexibility index (Phi) is 3.71. The monoisotopic (exact) mass is 341 g/mol. The summed E-state index contributed by atoms with van der Waals surface area (Å²) in [6.07, 6.45) is 1.72. The summed E-state index contributed by atoms with van der Waals surface area (Å²) in [6, 6.07) is 15.4. The number of nitrogens with zero attached hydrogens (tertiary/aromatic N) is 1. The summed E-state index contributed by atoms with van der Waals surface area (Å²) in [6.45, 7) is 1.98. The average molecular weight is 342 g/mol. The summed E-state index contributed by atoms with van der Waals surface area (Å²) >= 11 is 3.45. The van der Waals surface area contributed by atoms with Crippen LogP contribution in [-0.2, 0) is 9.53 Å². The number of carbonyl (C=O) groups is 1. The highest BCUT2D eigenvalue weighted by atomic mass is 79.9. The highest BCUT2D eigenvalue weighted by Crippen LogP contribution is 2.23. The van der Waals surface area contributed by atoms with Crippen LogP contribution in [0.2, 0.25) is 0 Å². The van der Waals surface area contributed by atoms with Gasteiger partial charge in [-0.15, -0.1) is 0 Å². The van der Waals surface area contributed by atoms with Crippen molar-refractivity contribution in [2.45, 2.75) is 6.92 Å². The molecule has 1 aliphatic heterocycles. The predicted molar refractivity (Wildman–Crippen MR) is 85.9 cm³/mol. The van der Waals surface area contributed by atoms with Gasteiger partial charge in [0.25, 0.3) is 0 Å². The molecule has 104 valence electrons. The van der Waals surface area contributed by atoms with Gasteiger partial charge in [-0.3, -0.25) is 0 Å². The Hall–Kier alpha value is -2.20. The third kappa shape index (κ3) is 2.95. The molecule has 0 radical (unpaired) electrons. The molecule has 0 N–H and O–H groups in total. The Morgan fingerprint density at radius 2 is 1.95 bits per heavy atom. The minimum atomic E-state index is -0.428. The van der Waals surface area contributed by atoms with E-state index in [2.05, 4.69) is 20.9 Å². The second-order valence-electron chi connectivity index (χ2n) is 4.73. The van der Waals surface area contributed by atoms with Crippen molar-refractivity contribution in [1.29, 1.82) is 0 Å². The summed E-state index contributed by atoms with van der Waals surface area (Å²) in [7, 11) is 0. The van der Waals surface area contributed by atoms with Crippen molar-refractivity contribution in [2.24, 2.45) is 4.99 Å². The third-order valence-corrected chi connectivity index (χ3v) is 3.81. The van der Waals surface area contributed by atoms with Crippen LogP contribution in [0.3, 0.4) is 0 Å². The molecule has 0 amide bonds. The van der Waals surface area contributed by atoms with E-state index in [1.54, 1.807) is 6.08 Å². The summed E-state index contributed by atoms with van der Waals surface area (Å²) in [5.74, 6) is -0.0794. The SMILES string of the molecule is Cc1cccc(C2=NC(=Cc3ccccc3Br)C(=O)O2)c1. The number of hydrogen-bond acceptors (Lipinski definition) is 3. The number of cyclic esters (lactones) is 1. The van der Waals surface area contributed by atoms with Crippen LogP contribution in [0.15, 0.2) is 63.7 Å². The quantitative estimate of drug-likeness (QED) is 0.609. The second-order valence-corrected chi connectivity index (χ2v) is 5.58. The Morgan fingerprint density at radius 3 is 2.71 bits per heavy atom. The molecule has 1 heterocycles. The van der Waals surface area contributed by atoms with Gasteiger partial charge in [0.2, 0.25) is 5.90 Å². The topological polar surface area (TPSA) is 38.7 Å². The summed E-state index contributed by atoms with van der Waals surface area (Å²) < 4.78 is 6.16. The molecule has 0 atom stereocenters. The Balaban J connectivity index is 1.98. The van der Waals surface area contributed by atoms with Crippen molar-refractivity contribution in [3.63, 3.8) is 0 Å². The molecule has 0 spiro atoms. The Bertz CT molecular complexity index is 778. The van der Waals surface area contributed by atoms with Crippen LogP contribution in [0.1, 0.15) is 16.7 Å². The fourth-order valence-corrected chi connectivity index (χ4v) is 2.45. The normalized spacial score (nSPS) is 16.0. The maximum Gasteiger partial charge on any atom is 0.363 e. The molecule has 4 heteroatoms. The smallest absolute Gasteiger partial charge is 0.363 e. The van der Waals surface area contributed by atoms with Gasteiger partial charge in [-0.2, -0.15) is 0 Å². The van der Waals surface area contributed by atoms with Crippen LogP contribution in [-0.4, -0.2) is 11.9 Å². The Morgan fingerprint density at radius 1 is 1.14 bits per heavy atom. The zero-order valence-electron chi connectivity index (χ0n) is 11.3. The van der Waals surface area contributed by atoms with Gasteiger partial charge in [0.1, 0.15) is 0 Å². The lowest BCUT2D eigenvalue weighted by atomic mass is 10.1. The Labute approximate surface area is 131 Å². The van der Waals surface area contributed by atoms with Crippen LogP contribution in [0.4, 0.5) is 0 Å². The fraction of sp³-hybridized carbons (Fsp3) is 0.0588. The summed E-state index contributed by atoms with van der Waals surface area (Å²) in [5.41, 5.74) is 3.09. The van der Waals surface area contributed by atoms with E-state index >= 15 is 0 Å². The van der Waals surface area contributed by atoms with Crippen LogP contribution < -0.4 is 0 Å². The molecule has 2 aromatic rings. The number of esters is 1. The van der Waals surface area contributed by atoms with Gasteiger partial charge in [-0.05, 0) is 36.8 Å². The lowest BCUT2D eigenvalue weighted by Crippen LogP contribution is -2.05. The largest absolute Gasteiger partial charge is 0.402 e. The number of aryl methyl sites for hydroxylation is 1. The van der Waals surface area contributed by atoms with E-state index in [1.165, 1.54) is 0 Å². The predicted octanol–water partition coefficient (Wildman–Crippen LogP) is 4.10. The van der Waals surface area contributed by atoms with Crippen LogP contribution >= 0.6 is 15.9 Å². The van der Waals surface area contributed by atoms with Gasteiger partial charge >= 0.3 is 5.97 Å². The van der Waals surface area contributed by atoms with Crippen LogP contribution in [0, 0.1) is 6.92 Å². The minimum absolute atomic E-state index is 0.304.